The van der Waals surface area contributed by atoms with Crippen LogP contribution in [0.3, 0.4) is 0 Å². The van der Waals surface area contributed by atoms with Crippen molar-refractivity contribution in [3.05, 3.63) is 0 Å². The molecule has 6 nitrogen and oxygen atoms in total. The molecule has 0 aliphatic heterocycles. The molecule has 1 saturated carbocycles. The van der Waals surface area contributed by atoms with E-state index in [1.165, 1.54) is 6.42 Å². The van der Waals surface area contributed by atoms with Gasteiger partial charge in [-0.25, -0.2) is 0 Å². The largest absolute Gasteiger partial charge is 0.481 e. The Morgan fingerprint density at radius 3 is 2.22 bits per heavy atom. The minimum Gasteiger partial charge on any atom is -0.481 e. The van der Waals surface area contributed by atoms with Crippen molar-refractivity contribution in [3.8, 4) is 0 Å². The monoisotopic (exact) mass is 257 g/mol. The highest BCUT2D eigenvalue weighted by molar-refractivity contribution is 5.85. The van der Waals surface area contributed by atoms with Crippen LogP contribution in [0.5, 0.6) is 0 Å². The van der Waals surface area contributed by atoms with Gasteiger partial charge in [-0.05, 0) is 33.4 Å². The lowest BCUT2D eigenvalue weighted by Crippen LogP contribution is -2.59. The van der Waals surface area contributed by atoms with E-state index >= 15 is 0 Å². The summed E-state index contributed by atoms with van der Waals surface area (Å²) in [4.78, 5) is 26.2. The molecule has 0 radical (unpaired) electrons. The van der Waals surface area contributed by atoms with E-state index in [0.29, 0.717) is 6.54 Å². The minimum atomic E-state index is -1.05. The van der Waals surface area contributed by atoms with Crippen LogP contribution in [-0.2, 0) is 9.59 Å². The number of rotatable bonds is 6. The Kier molecular flexibility index (Phi) is 4.70. The van der Waals surface area contributed by atoms with Gasteiger partial charge < -0.3 is 20.6 Å². The summed E-state index contributed by atoms with van der Waals surface area (Å²) >= 11 is 0. The van der Waals surface area contributed by atoms with Gasteiger partial charge in [0.1, 0.15) is 0 Å². The first-order valence-electron chi connectivity index (χ1n) is 6.18. The molecule has 1 atom stereocenters. The summed E-state index contributed by atoms with van der Waals surface area (Å²) < 4.78 is 0. The second kappa shape index (κ2) is 5.67. The van der Waals surface area contributed by atoms with Crippen molar-refractivity contribution >= 4 is 11.9 Å². The SMILES string of the molecule is CN(CC1(N(C)C)CCC1)C(=O)C(N)CC(=O)O. The quantitative estimate of drug-likeness (QED) is 0.684. The number of carboxylic acids is 1. The third-order valence-corrected chi connectivity index (χ3v) is 3.85. The Bertz CT molecular complexity index is 327. The standard InChI is InChI=1S/C12H23N3O3/c1-14(2)12(5-4-6-12)8-15(3)11(18)9(13)7-10(16)17/h9H,4-8,13H2,1-3H3,(H,16,17). The molecule has 1 amide bonds. The molecule has 0 aromatic heterocycles. The molecule has 1 aliphatic carbocycles. The fourth-order valence-corrected chi connectivity index (χ4v) is 2.41. The average molecular weight is 257 g/mol. The average Bonchev–Trinajstić information content (AvgIpc) is 2.20. The van der Waals surface area contributed by atoms with Crippen LogP contribution in [0.4, 0.5) is 0 Å². The second-order valence-electron chi connectivity index (χ2n) is 5.37. The normalized spacial score (nSPS) is 19.2. The highest BCUT2D eigenvalue weighted by atomic mass is 16.4. The van der Waals surface area contributed by atoms with E-state index in [1.54, 1.807) is 11.9 Å². The summed E-state index contributed by atoms with van der Waals surface area (Å²) in [5, 5.41) is 8.63. The van der Waals surface area contributed by atoms with Gasteiger partial charge in [-0.15, -0.1) is 0 Å². The second-order valence-corrected chi connectivity index (χ2v) is 5.37. The van der Waals surface area contributed by atoms with Crippen LogP contribution in [0, 0.1) is 0 Å². The smallest absolute Gasteiger partial charge is 0.305 e. The minimum absolute atomic E-state index is 0.0351. The maximum atomic E-state index is 11.9. The van der Waals surface area contributed by atoms with Crippen LogP contribution in [0.2, 0.25) is 0 Å². The lowest BCUT2D eigenvalue weighted by Gasteiger charge is -2.49. The van der Waals surface area contributed by atoms with Gasteiger partial charge in [0, 0.05) is 19.1 Å². The van der Waals surface area contributed by atoms with Crippen LogP contribution >= 0.6 is 0 Å². The maximum absolute atomic E-state index is 11.9. The summed E-state index contributed by atoms with van der Waals surface area (Å²) in [6.45, 7) is 0.603. The molecule has 0 bridgehead atoms. The van der Waals surface area contributed by atoms with Crippen LogP contribution < -0.4 is 5.73 Å². The van der Waals surface area contributed by atoms with E-state index in [4.69, 9.17) is 10.8 Å². The number of nitrogens with two attached hydrogens (primary N) is 1. The van der Waals surface area contributed by atoms with Gasteiger partial charge in [0.15, 0.2) is 0 Å². The first kappa shape index (κ1) is 14.9. The summed E-state index contributed by atoms with van der Waals surface area (Å²) in [5.74, 6) is -1.35. The molecular formula is C12H23N3O3. The maximum Gasteiger partial charge on any atom is 0.305 e. The van der Waals surface area contributed by atoms with Crippen molar-refractivity contribution < 1.29 is 14.7 Å². The van der Waals surface area contributed by atoms with E-state index in [9.17, 15) is 9.59 Å². The number of amides is 1. The molecule has 0 aromatic carbocycles. The van der Waals surface area contributed by atoms with Crippen molar-refractivity contribution in [3.63, 3.8) is 0 Å². The van der Waals surface area contributed by atoms with Gasteiger partial charge in [0.05, 0.1) is 12.5 Å². The Morgan fingerprint density at radius 1 is 1.33 bits per heavy atom. The predicted octanol–water partition coefficient (Wildman–Crippen LogP) is -0.269. The van der Waals surface area contributed by atoms with Crippen molar-refractivity contribution in [2.75, 3.05) is 27.7 Å². The van der Waals surface area contributed by atoms with E-state index in [2.05, 4.69) is 4.90 Å². The number of aliphatic carboxylic acids is 1. The molecular weight excluding hydrogens is 234 g/mol. The lowest BCUT2D eigenvalue weighted by molar-refractivity contribution is -0.142. The third-order valence-electron chi connectivity index (χ3n) is 3.85. The molecule has 1 rings (SSSR count). The van der Waals surface area contributed by atoms with Crippen molar-refractivity contribution in [2.45, 2.75) is 37.3 Å². The van der Waals surface area contributed by atoms with E-state index in [0.717, 1.165) is 12.8 Å². The van der Waals surface area contributed by atoms with E-state index in [1.807, 2.05) is 14.1 Å². The molecule has 1 fully saturated rings. The molecule has 18 heavy (non-hydrogen) atoms. The molecule has 0 aromatic rings. The number of carboxylic acid groups (broad SMARTS) is 1. The highest BCUT2D eigenvalue weighted by Gasteiger charge is 2.41. The van der Waals surface area contributed by atoms with E-state index < -0.39 is 12.0 Å². The number of carbonyl (C=O) groups excluding carboxylic acids is 1. The first-order valence-corrected chi connectivity index (χ1v) is 6.18. The topological polar surface area (TPSA) is 86.9 Å². The van der Waals surface area contributed by atoms with E-state index in [-0.39, 0.29) is 17.9 Å². The summed E-state index contributed by atoms with van der Waals surface area (Å²) in [5.41, 5.74) is 5.62. The molecule has 1 unspecified atom stereocenters. The molecule has 0 spiro atoms. The molecule has 0 saturated heterocycles. The summed E-state index contributed by atoms with van der Waals surface area (Å²) in [7, 11) is 5.71. The molecule has 0 heterocycles. The zero-order valence-electron chi connectivity index (χ0n) is 11.3. The number of carbonyl (C=O) groups is 2. The number of hydrogen-bond acceptors (Lipinski definition) is 4. The fourth-order valence-electron chi connectivity index (χ4n) is 2.41. The van der Waals surface area contributed by atoms with Crippen molar-refractivity contribution in [1.82, 2.24) is 9.80 Å². The highest BCUT2D eigenvalue weighted by Crippen LogP contribution is 2.36. The fraction of sp³-hybridized carbons (Fsp3) is 0.833. The van der Waals surface area contributed by atoms with Crippen LogP contribution in [0.1, 0.15) is 25.7 Å². The third kappa shape index (κ3) is 3.20. The Balaban J connectivity index is 2.56. The number of likely N-dealkylation sites (N-methyl/N-ethyl adjacent to an activating group) is 2. The van der Waals surface area contributed by atoms with Gasteiger partial charge in [0.25, 0.3) is 0 Å². The number of nitrogens with zero attached hydrogens (tertiary/aromatic N) is 2. The first-order chi connectivity index (χ1) is 8.28. The van der Waals surface area contributed by atoms with Gasteiger partial charge in [-0.1, -0.05) is 0 Å². The van der Waals surface area contributed by atoms with Crippen LogP contribution in [0.15, 0.2) is 0 Å². The number of hydrogen-bond donors (Lipinski definition) is 2. The van der Waals surface area contributed by atoms with Crippen LogP contribution in [-0.4, -0.2) is 66.1 Å². The van der Waals surface area contributed by atoms with Crippen LogP contribution in [0.25, 0.3) is 0 Å². The molecule has 6 heteroatoms. The lowest BCUT2D eigenvalue weighted by atomic mass is 9.75. The summed E-state index contributed by atoms with van der Waals surface area (Å²) in [6, 6.07) is -0.952. The molecule has 3 N–H and O–H groups in total. The molecule has 104 valence electrons. The van der Waals surface area contributed by atoms with Gasteiger partial charge in [-0.3, -0.25) is 9.59 Å². The Labute approximate surface area is 108 Å². The van der Waals surface area contributed by atoms with Gasteiger partial charge in [0.2, 0.25) is 5.91 Å². The van der Waals surface area contributed by atoms with Gasteiger partial charge >= 0.3 is 5.97 Å². The molecule has 1 aliphatic rings. The van der Waals surface area contributed by atoms with Crippen molar-refractivity contribution in [2.24, 2.45) is 5.73 Å². The zero-order chi connectivity index (χ0) is 13.9. The Hall–Kier alpha value is -1.14. The van der Waals surface area contributed by atoms with Gasteiger partial charge in [-0.2, -0.15) is 0 Å². The predicted molar refractivity (Wildman–Crippen MR) is 68.1 cm³/mol. The van der Waals surface area contributed by atoms with Crippen molar-refractivity contribution in [1.29, 1.82) is 0 Å². The Morgan fingerprint density at radius 2 is 1.89 bits per heavy atom. The summed E-state index contributed by atoms with van der Waals surface area (Å²) in [6.07, 6.45) is 2.97. The zero-order valence-corrected chi connectivity index (χ0v) is 11.3.